The van der Waals surface area contributed by atoms with E-state index in [-0.39, 0.29) is 17.9 Å². The number of hydrogen-bond donors (Lipinski definition) is 2. The van der Waals surface area contributed by atoms with E-state index in [9.17, 15) is 9.59 Å². The first-order valence-corrected chi connectivity index (χ1v) is 9.70. The van der Waals surface area contributed by atoms with E-state index in [1.165, 1.54) is 0 Å². The van der Waals surface area contributed by atoms with Gasteiger partial charge < -0.3 is 10.4 Å². The molecule has 2 fully saturated rings. The van der Waals surface area contributed by atoms with E-state index < -0.39 is 5.97 Å². The zero-order valence-electron chi connectivity index (χ0n) is 15.1. The number of carboxylic acids is 1. The molecule has 1 aromatic heterocycles. The van der Waals surface area contributed by atoms with Crippen molar-refractivity contribution >= 4 is 23.5 Å². The van der Waals surface area contributed by atoms with Crippen molar-refractivity contribution in [3.8, 4) is 5.69 Å². The standard InChI is InChI=1S/C20H22ClN3O3/c1-11-2-7-15(9-17(11)21)24-18(12-3-4-12)16(10-22-24)19(25)23-14-6-5-13(8-14)20(26)27/h2,7,9-10,12-14H,3-6,8H2,1H3,(H,23,25)(H,26,27)/t13-,14+/m0/s1. The maximum atomic E-state index is 12.9. The first-order chi connectivity index (χ1) is 12.9. The molecule has 0 bridgehead atoms. The van der Waals surface area contributed by atoms with Crippen LogP contribution in [0.1, 0.15) is 59.6 Å². The van der Waals surface area contributed by atoms with E-state index in [1.807, 2.05) is 29.8 Å². The summed E-state index contributed by atoms with van der Waals surface area (Å²) in [6.07, 6.45) is 5.48. The first kappa shape index (κ1) is 18.0. The van der Waals surface area contributed by atoms with Gasteiger partial charge in [-0.3, -0.25) is 9.59 Å². The summed E-state index contributed by atoms with van der Waals surface area (Å²) in [6, 6.07) is 5.67. The summed E-state index contributed by atoms with van der Waals surface area (Å²) < 4.78 is 1.81. The summed E-state index contributed by atoms with van der Waals surface area (Å²) in [5, 5.41) is 17.3. The van der Waals surface area contributed by atoms with Gasteiger partial charge in [0.25, 0.3) is 5.91 Å². The second-order valence-corrected chi connectivity index (χ2v) is 7.99. The van der Waals surface area contributed by atoms with Crippen LogP contribution in [0.5, 0.6) is 0 Å². The summed E-state index contributed by atoms with van der Waals surface area (Å²) in [6.45, 7) is 1.95. The Morgan fingerprint density at radius 2 is 2.04 bits per heavy atom. The summed E-state index contributed by atoms with van der Waals surface area (Å²) in [7, 11) is 0. The van der Waals surface area contributed by atoms with Gasteiger partial charge in [0.15, 0.2) is 0 Å². The van der Waals surface area contributed by atoms with Crippen LogP contribution in [-0.4, -0.2) is 32.8 Å². The molecule has 1 aromatic carbocycles. The number of hydrogen-bond acceptors (Lipinski definition) is 3. The van der Waals surface area contributed by atoms with Crippen LogP contribution < -0.4 is 5.32 Å². The highest BCUT2D eigenvalue weighted by atomic mass is 35.5. The number of nitrogens with zero attached hydrogens (tertiary/aromatic N) is 2. The molecular formula is C20H22ClN3O3. The average Bonchev–Trinajstić information content (AvgIpc) is 3.18. The van der Waals surface area contributed by atoms with Crippen molar-refractivity contribution in [3.63, 3.8) is 0 Å². The maximum Gasteiger partial charge on any atom is 0.306 e. The summed E-state index contributed by atoms with van der Waals surface area (Å²) in [5.74, 6) is -0.994. The molecule has 1 amide bonds. The fourth-order valence-corrected chi connectivity index (χ4v) is 3.98. The lowest BCUT2D eigenvalue weighted by atomic mass is 10.1. The van der Waals surface area contributed by atoms with Crippen LogP contribution in [0.3, 0.4) is 0 Å². The quantitative estimate of drug-likeness (QED) is 0.819. The Labute approximate surface area is 162 Å². The van der Waals surface area contributed by atoms with Crippen molar-refractivity contribution in [3.05, 3.63) is 46.2 Å². The topological polar surface area (TPSA) is 84.2 Å². The van der Waals surface area contributed by atoms with E-state index in [4.69, 9.17) is 16.7 Å². The van der Waals surface area contributed by atoms with Gasteiger partial charge in [-0.05, 0) is 56.7 Å². The molecular weight excluding hydrogens is 366 g/mol. The van der Waals surface area contributed by atoms with Crippen molar-refractivity contribution in [1.82, 2.24) is 15.1 Å². The molecule has 27 heavy (non-hydrogen) atoms. The summed E-state index contributed by atoms with van der Waals surface area (Å²) >= 11 is 6.26. The number of aromatic nitrogens is 2. The Bertz CT molecular complexity index is 904. The van der Waals surface area contributed by atoms with Crippen molar-refractivity contribution in [2.24, 2.45) is 5.92 Å². The van der Waals surface area contributed by atoms with Gasteiger partial charge in [-0.2, -0.15) is 5.10 Å². The molecule has 2 aliphatic rings. The first-order valence-electron chi connectivity index (χ1n) is 9.32. The van der Waals surface area contributed by atoms with Crippen LogP contribution in [0, 0.1) is 12.8 Å². The Morgan fingerprint density at radius 1 is 1.26 bits per heavy atom. The van der Waals surface area contributed by atoms with E-state index in [1.54, 1.807) is 6.20 Å². The van der Waals surface area contributed by atoms with Gasteiger partial charge in [0.2, 0.25) is 0 Å². The van der Waals surface area contributed by atoms with Gasteiger partial charge >= 0.3 is 5.97 Å². The fourth-order valence-electron chi connectivity index (χ4n) is 3.80. The average molecular weight is 388 g/mol. The summed E-state index contributed by atoms with van der Waals surface area (Å²) in [5.41, 5.74) is 3.33. The van der Waals surface area contributed by atoms with Crippen molar-refractivity contribution in [2.45, 2.75) is 51.0 Å². The number of aliphatic carboxylic acids is 1. The second kappa shape index (κ2) is 7.00. The molecule has 2 aromatic rings. The minimum absolute atomic E-state index is 0.0946. The Hall–Kier alpha value is -2.34. The Morgan fingerprint density at radius 3 is 2.67 bits per heavy atom. The van der Waals surface area contributed by atoms with Gasteiger partial charge in [0, 0.05) is 17.0 Å². The zero-order valence-corrected chi connectivity index (χ0v) is 15.9. The second-order valence-electron chi connectivity index (χ2n) is 7.58. The van der Waals surface area contributed by atoms with Gasteiger partial charge in [0.1, 0.15) is 0 Å². The number of carbonyl (C=O) groups excluding carboxylic acids is 1. The number of nitrogens with one attached hydrogen (secondary N) is 1. The molecule has 2 saturated carbocycles. The van der Waals surface area contributed by atoms with Crippen LogP contribution in [0.2, 0.25) is 5.02 Å². The molecule has 0 spiro atoms. The molecule has 0 saturated heterocycles. The van der Waals surface area contributed by atoms with Crippen molar-refractivity contribution in [2.75, 3.05) is 0 Å². The van der Waals surface area contributed by atoms with Crippen LogP contribution in [0.25, 0.3) is 5.69 Å². The lowest BCUT2D eigenvalue weighted by Crippen LogP contribution is -2.33. The number of aryl methyl sites for hydroxylation is 1. The lowest BCUT2D eigenvalue weighted by molar-refractivity contribution is -0.141. The van der Waals surface area contributed by atoms with Gasteiger partial charge in [-0.25, -0.2) is 4.68 Å². The van der Waals surface area contributed by atoms with Crippen molar-refractivity contribution in [1.29, 1.82) is 0 Å². The highest BCUT2D eigenvalue weighted by molar-refractivity contribution is 6.31. The van der Waals surface area contributed by atoms with Gasteiger partial charge in [-0.1, -0.05) is 17.7 Å². The number of rotatable bonds is 5. The van der Waals surface area contributed by atoms with Gasteiger partial charge in [-0.15, -0.1) is 0 Å². The number of carbonyl (C=O) groups is 2. The highest BCUT2D eigenvalue weighted by Crippen LogP contribution is 2.42. The number of benzene rings is 1. The number of halogens is 1. The Balaban J connectivity index is 1.58. The minimum atomic E-state index is -0.783. The van der Waals surface area contributed by atoms with Gasteiger partial charge in [0.05, 0.1) is 29.1 Å². The largest absolute Gasteiger partial charge is 0.481 e. The predicted molar refractivity (Wildman–Crippen MR) is 102 cm³/mol. The number of carboxylic acid groups (broad SMARTS) is 1. The van der Waals surface area contributed by atoms with Crippen molar-refractivity contribution < 1.29 is 14.7 Å². The van der Waals surface area contributed by atoms with Crippen LogP contribution in [-0.2, 0) is 4.79 Å². The van der Waals surface area contributed by atoms with Crippen LogP contribution >= 0.6 is 11.6 Å². The molecule has 142 valence electrons. The van der Waals surface area contributed by atoms with E-state index in [2.05, 4.69) is 10.4 Å². The molecule has 1 heterocycles. The SMILES string of the molecule is Cc1ccc(-n2ncc(C(=O)N[C@@H]3CC[C@H](C(=O)O)C3)c2C2CC2)cc1Cl. The highest BCUT2D eigenvalue weighted by Gasteiger charge is 2.35. The monoisotopic (exact) mass is 387 g/mol. The molecule has 6 nitrogen and oxygen atoms in total. The normalized spacial score (nSPS) is 22.0. The molecule has 4 rings (SSSR count). The third kappa shape index (κ3) is 3.58. The molecule has 2 N–H and O–H groups in total. The Kier molecular flexibility index (Phi) is 4.68. The molecule has 2 atom stereocenters. The zero-order chi connectivity index (χ0) is 19.1. The van der Waals surface area contributed by atoms with E-state index in [0.717, 1.165) is 29.8 Å². The third-order valence-electron chi connectivity index (χ3n) is 5.53. The molecule has 2 aliphatic carbocycles. The maximum absolute atomic E-state index is 12.9. The smallest absolute Gasteiger partial charge is 0.306 e. The van der Waals surface area contributed by atoms with Crippen LogP contribution in [0.4, 0.5) is 0 Å². The molecule has 0 unspecified atom stereocenters. The lowest BCUT2D eigenvalue weighted by Gasteiger charge is -2.14. The molecule has 0 aliphatic heterocycles. The van der Waals surface area contributed by atoms with E-state index in [0.29, 0.717) is 35.8 Å². The third-order valence-corrected chi connectivity index (χ3v) is 5.94. The van der Waals surface area contributed by atoms with E-state index >= 15 is 0 Å². The predicted octanol–water partition coefficient (Wildman–Crippen LogP) is 3.69. The minimum Gasteiger partial charge on any atom is -0.481 e. The summed E-state index contributed by atoms with van der Waals surface area (Å²) in [4.78, 5) is 24.0. The fraction of sp³-hybridized carbons (Fsp3) is 0.450. The molecule has 7 heteroatoms. The number of amides is 1. The molecule has 0 radical (unpaired) electrons. The van der Waals surface area contributed by atoms with Crippen LogP contribution in [0.15, 0.2) is 24.4 Å².